The van der Waals surface area contributed by atoms with E-state index in [1.165, 1.54) is 5.01 Å². The summed E-state index contributed by atoms with van der Waals surface area (Å²) in [6, 6.07) is 8.99. The quantitative estimate of drug-likeness (QED) is 0.228. The van der Waals surface area contributed by atoms with Gasteiger partial charge in [0.1, 0.15) is 24.0 Å². The van der Waals surface area contributed by atoms with E-state index in [-0.39, 0.29) is 24.3 Å². The number of aliphatic hydroxyl groups is 1. The molecule has 3 aliphatic heterocycles. The molecule has 0 bridgehead atoms. The van der Waals surface area contributed by atoms with Crippen LogP contribution in [0.4, 0.5) is 4.79 Å². The molecule has 0 radical (unpaired) electrons. The second kappa shape index (κ2) is 18.0. The number of amides is 1. The summed E-state index contributed by atoms with van der Waals surface area (Å²) < 4.78 is 31.5. The van der Waals surface area contributed by atoms with Crippen molar-refractivity contribution in [2.75, 3.05) is 27.7 Å². The van der Waals surface area contributed by atoms with E-state index in [9.17, 15) is 19.5 Å². The SMILES string of the molecule is CC[C@H]1OC(=O)/C(C)=C/[C@H](C)[C@@H](O[C@@H]2O[C@H](C)C[C@H](N(C)C)[C@H]2O)[C@@](C)(OC)C[C@@H](C)C(=O)[C@H](C)[C@H]2N(NCCCc3ccnc4ccccc34)C(=O)O[C@]12C. The molecule has 13 heteroatoms. The molecule has 1 aromatic carbocycles. The number of para-hydroxylation sites is 1. The van der Waals surface area contributed by atoms with E-state index in [2.05, 4.69) is 16.5 Å². The lowest BCUT2D eigenvalue weighted by Gasteiger charge is -2.46. The van der Waals surface area contributed by atoms with Crippen LogP contribution in [0.1, 0.15) is 86.6 Å². The predicted molar refractivity (Wildman–Crippen MR) is 212 cm³/mol. The highest BCUT2D eigenvalue weighted by Crippen LogP contribution is 2.42. The Labute approximate surface area is 332 Å². The van der Waals surface area contributed by atoms with Gasteiger partial charge in [-0.1, -0.05) is 52.0 Å². The third kappa shape index (κ3) is 8.98. The van der Waals surface area contributed by atoms with E-state index in [0.717, 1.165) is 22.9 Å². The summed E-state index contributed by atoms with van der Waals surface area (Å²) in [6.45, 7) is 15.2. The number of methoxy groups -OCH3 is 1. The second-order valence-corrected chi connectivity index (χ2v) is 16.8. The number of aliphatic hydroxyl groups excluding tert-OH is 1. The second-order valence-electron chi connectivity index (χ2n) is 16.8. The molecule has 1 amide bonds. The highest BCUT2D eigenvalue weighted by Gasteiger charge is 2.60. The standard InChI is InChI=1S/C43H64N4O9/c1-12-34-43(8)37(47(41(51)56-43)45-20-15-16-30-19-21-44-32-18-14-13-17-31(30)32)29(6)35(48)27(4)24-42(7,52-11)38(25(2)22-26(3)39(50)54-34)55-40-36(49)33(46(9)10)23-28(5)53-40/h13-14,17-19,21-22,25,27-29,33-34,36-38,40,45,49H,12,15-16,20,23-24H2,1-11H3/b26-22+/t25-,27+,28+,29-,33-,34+,36+,37+,38+,40-,42-,43+/m0/s1. The third-order valence-electron chi connectivity index (χ3n) is 12.3. The van der Waals surface area contributed by atoms with Crippen molar-refractivity contribution in [1.82, 2.24) is 20.3 Å². The maximum atomic E-state index is 14.7. The molecule has 5 rings (SSSR count). The van der Waals surface area contributed by atoms with E-state index < -0.39 is 71.7 Å². The number of Topliss-reactive ketones (excluding diaryl/α,β-unsaturated/α-hetero) is 1. The minimum absolute atomic E-state index is 0.107. The smallest absolute Gasteiger partial charge is 0.425 e. The van der Waals surface area contributed by atoms with Gasteiger partial charge >= 0.3 is 12.1 Å². The molecule has 1 aromatic heterocycles. The van der Waals surface area contributed by atoms with Crippen LogP contribution in [0.3, 0.4) is 0 Å². The number of ether oxygens (including phenoxy) is 5. The van der Waals surface area contributed by atoms with Crippen LogP contribution in [0.25, 0.3) is 10.9 Å². The Morgan fingerprint density at radius 3 is 2.48 bits per heavy atom. The highest BCUT2D eigenvalue weighted by molar-refractivity contribution is 5.88. The molecule has 2 fully saturated rings. The highest BCUT2D eigenvalue weighted by atomic mass is 16.7. The zero-order valence-corrected chi connectivity index (χ0v) is 35.1. The summed E-state index contributed by atoms with van der Waals surface area (Å²) in [5.41, 5.74) is 3.27. The molecule has 2 N–H and O–H groups in total. The topological polar surface area (TPSA) is 149 Å². The van der Waals surface area contributed by atoms with Gasteiger partial charge in [-0.15, -0.1) is 0 Å². The number of esters is 1. The van der Waals surface area contributed by atoms with Gasteiger partial charge in [-0.25, -0.2) is 20.0 Å². The minimum Gasteiger partial charge on any atom is -0.455 e. The average molecular weight is 781 g/mol. The molecule has 0 spiro atoms. The van der Waals surface area contributed by atoms with Crippen molar-refractivity contribution in [3.8, 4) is 0 Å². The molecular weight excluding hydrogens is 716 g/mol. The third-order valence-corrected chi connectivity index (χ3v) is 12.3. The lowest BCUT2D eigenvalue weighted by Crippen LogP contribution is -2.60. The van der Waals surface area contributed by atoms with Gasteiger partial charge in [-0.3, -0.25) is 9.78 Å². The van der Waals surface area contributed by atoms with E-state index in [1.807, 2.05) is 84.8 Å². The van der Waals surface area contributed by atoms with Crippen LogP contribution in [-0.2, 0) is 39.7 Å². The summed E-state index contributed by atoms with van der Waals surface area (Å²) in [5, 5.41) is 14.0. The van der Waals surface area contributed by atoms with Gasteiger partial charge in [0, 0.05) is 54.6 Å². The van der Waals surface area contributed by atoms with Crippen molar-refractivity contribution in [3.05, 3.63) is 53.7 Å². The molecule has 56 heavy (non-hydrogen) atoms. The number of hydrogen-bond acceptors (Lipinski definition) is 12. The fourth-order valence-electron chi connectivity index (χ4n) is 9.29. The van der Waals surface area contributed by atoms with Gasteiger partial charge in [-0.05, 0) is 91.6 Å². The number of benzene rings is 1. The van der Waals surface area contributed by atoms with Gasteiger partial charge < -0.3 is 33.7 Å². The fraction of sp³-hybridized carbons (Fsp3) is 0.674. The molecule has 0 saturated carbocycles. The summed E-state index contributed by atoms with van der Waals surface area (Å²) in [5.74, 6) is -2.43. The Bertz CT molecular complexity index is 1730. The zero-order chi connectivity index (χ0) is 41.1. The summed E-state index contributed by atoms with van der Waals surface area (Å²) >= 11 is 0. The van der Waals surface area contributed by atoms with E-state index in [4.69, 9.17) is 23.7 Å². The number of rotatable bonds is 10. The number of pyridine rings is 1. The largest absolute Gasteiger partial charge is 0.455 e. The van der Waals surface area contributed by atoms with Gasteiger partial charge in [0.05, 0.1) is 23.3 Å². The summed E-state index contributed by atoms with van der Waals surface area (Å²) in [6.07, 6.45) is 1.85. The Hall–Kier alpha value is -3.46. The van der Waals surface area contributed by atoms with Gasteiger partial charge in [0.25, 0.3) is 0 Å². The van der Waals surface area contributed by atoms with Crippen molar-refractivity contribution in [3.63, 3.8) is 0 Å². The van der Waals surface area contributed by atoms with Crippen LogP contribution in [-0.4, -0.2) is 120 Å². The van der Waals surface area contributed by atoms with E-state index >= 15 is 0 Å². The Morgan fingerprint density at radius 1 is 1.09 bits per heavy atom. The lowest BCUT2D eigenvalue weighted by atomic mass is 9.74. The van der Waals surface area contributed by atoms with Crippen LogP contribution in [0.2, 0.25) is 0 Å². The Balaban J connectivity index is 1.46. The molecule has 310 valence electrons. The van der Waals surface area contributed by atoms with Crippen LogP contribution in [0.15, 0.2) is 48.2 Å². The molecule has 13 nitrogen and oxygen atoms in total. The van der Waals surface area contributed by atoms with Crippen LogP contribution >= 0.6 is 0 Å². The van der Waals surface area contributed by atoms with Crippen LogP contribution < -0.4 is 5.43 Å². The number of hydrogen-bond donors (Lipinski definition) is 2. The molecule has 4 heterocycles. The lowest BCUT2D eigenvalue weighted by molar-refractivity contribution is -0.294. The van der Waals surface area contributed by atoms with E-state index in [1.54, 1.807) is 33.2 Å². The predicted octanol–water partition coefficient (Wildman–Crippen LogP) is 5.62. The number of carbonyl (C=O) groups excluding carboxylic acids is 3. The maximum Gasteiger partial charge on any atom is 0.425 e. The average Bonchev–Trinajstić information content (AvgIpc) is 3.42. The minimum atomic E-state index is -1.36. The number of cyclic esters (lactones) is 1. The first-order chi connectivity index (χ1) is 26.4. The molecular formula is C43H64N4O9. The molecule has 2 aromatic rings. The maximum absolute atomic E-state index is 14.7. The van der Waals surface area contributed by atoms with Crippen LogP contribution in [0.5, 0.6) is 0 Å². The number of likely N-dealkylation sites (N-methyl/N-ethyl adjacent to an activating group) is 1. The van der Waals surface area contributed by atoms with Crippen LogP contribution in [0, 0.1) is 17.8 Å². The van der Waals surface area contributed by atoms with Gasteiger partial charge in [0.15, 0.2) is 11.9 Å². The summed E-state index contributed by atoms with van der Waals surface area (Å²) in [7, 11) is 5.40. The number of nitrogens with one attached hydrogen (secondary N) is 1. The normalized spacial score (nSPS) is 37.1. The number of carbonyl (C=O) groups is 3. The molecule has 0 unspecified atom stereocenters. The van der Waals surface area contributed by atoms with Crippen molar-refractivity contribution < 1.29 is 43.2 Å². The monoisotopic (exact) mass is 780 g/mol. The Kier molecular flexibility index (Phi) is 14.0. The fourth-order valence-corrected chi connectivity index (χ4v) is 9.29. The van der Waals surface area contributed by atoms with Crippen molar-refractivity contribution in [1.29, 1.82) is 0 Å². The number of nitrogens with zero attached hydrogens (tertiary/aromatic N) is 3. The molecule has 0 aliphatic carbocycles. The van der Waals surface area contributed by atoms with Gasteiger partial charge in [0.2, 0.25) is 0 Å². The zero-order valence-electron chi connectivity index (χ0n) is 35.1. The van der Waals surface area contributed by atoms with Gasteiger partial charge in [-0.2, -0.15) is 0 Å². The van der Waals surface area contributed by atoms with Crippen molar-refractivity contribution >= 4 is 28.7 Å². The first-order valence-electron chi connectivity index (χ1n) is 20.2. The number of aromatic nitrogens is 1. The number of hydrazine groups is 1. The number of ketones is 1. The van der Waals surface area contributed by atoms with Crippen molar-refractivity contribution in [2.24, 2.45) is 17.8 Å². The molecule has 3 aliphatic rings. The van der Waals surface area contributed by atoms with E-state index in [0.29, 0.717) is 31.4 Å². The van der Waals surface area contributed by atoms with Crippen molar-refractivity contribution in [2.45, 2.75) is 141 Å². The number of aryl methyl sites for hydroxylation is 1. The summed E-state index contributed by atoms with van der Waals surface area (Å²) in [4.78, 5) is 48.8. The Morgan fingerprint density at radius 2 is 1.80 bits per heavy atom. The first-order valence-corrected chi connectivity index (χ1v) is 20.2. The molecule has 12 atom stereocenters. The first kappa shape index (κ1) is 43.7. The number of fused-ring (bicyclic) bond motifs is 2. The molecule has 2 saturated heterocycles.